The number of fused-ring (bicyclic) bond motifs is 2. The number of carbonyl (C=O) groups excluding carboxylic acids is 1. The Morgan fingerprint density at radius 2 is 1.84 bits per heavy atom. The van der Waals surface area contributed by atoms with Crippen molar-refractivity contribution in [1.82, 2.24) is 19.5 Å². The maximum absolute atomic E-state index is 14.1. The lowest BCUT2D eigenvalue weighted by Gasteiger charge is -2.24. The van der Waals surface area contributed by atoms with E-state index in [1.54, 1.807) is 48.7 Å². The molecule has 2 fully saturated rings. The number of ketones is 1. The van der Waals surface area contributed by atoms with Crippen LogP contribution in [0.25, 0.3) is 16.6 Å². The zero-order chi connectivity index (χ0) is 34.4. The van der Waals surface area contributed by atoms with Gasteiger partial charge in [-0.2, -0.15) is 5.10 Å². The van der Waals surface area contributed by atoms with Gasteiger partial charge in [0, 0.05) is 36.3 Å². The van der Waals surface area contributed by atoms with Crippen LogP contribution >= 0.6 is 0 Å². The first-order valence-corrected chi connectivity index (χ1v) is 17.4. The molecule has 0 amide bonds. The van der Waals surface area contributed by atoms with Crippen LogP contribution in [-0.4, -0.2) is 63.2 Å². The SMILES string of the molecule is Cc1cc(Oc2ccccc2F)ccc1-n1ncc(C(=O)c2cc3cc(OCC(F)F)c(N4CC5CC(NS(C)=O)CC5C4)cc3[nH]2)c1N. The molecule has 1 aliphatic carbocycles. The van der Waals surface area contributed by atoms with Crippen molar-refractivity contribution < 1.29 is 31.6 Å². The summed E-state index contributed by atoms with van der Waals surface area (Å²) in [6, 6.07) is 16.6. The molecule has 3 heterocycles. The number of aromatic amines is 1. The number of benzene rings is 3. The minimum atomic E-state index is -2.65. The molecule has 0 bridgehead atoms. The van der Waals surface area contributed by atoms with Gasteiger partial charge >= 0.3 is 0 Å². The average Bonchev–Trinajstić information content (AvgIpc) is 3.83. The molecule has 1 aliphatic heterocycles. The normalized spacial score (nSPS) is 19.5. The van der Waals surface area contributed by atoms with Gasteiger partial charge < -0.3 is 25.1 Å². The van der Waals surface area contributed by atoms with Crippen molar-refractivity contribution in [3.05, 3.63) is 89.5 Å². The molecule has 2 aliphatic rings. The first-order valence-electron chi connectivity index (χ1n) is 15.9. The molecule has 49 heavy (non-hydrogen) atoms. The van der Waals surface area contributed by atoms with Crippen LogP contribution in [0.5, 0.6) is 17.2 Å². The summed E-state index contributed by atoms with van der Waals surface area (Å²) in [6.07, 6.45) is 2.15. The third-order valence-corrected chi connectivity index (χ3v) is 9.91. The maximum atomic E-state index is 14.1. The molecule has 14 heteroatoms. The first-order chi connectivity index (χ1) is 23.5. The van der Waals surface area contributed by atoms with Gasteiger partial charge in [0.25, 0.3) is 6.43 Å². The average molecular weight is 693 g/mol. The largest absolute Gasteiger partial charge is 0.485 e. The van der Waals surface area contributed by atoms with E-state index in [4.69, 9.17) is 15.2 Å². The summed E-state index contributed by atoms with van der Waals surface area (Å²) in [5.74, 6) is 0.843. The lowest BCUT2D eigenvalue weighted by molar-refractivity contribution is 0.0822. The Balaban J connectivity index is 1.13. The van der Waals surface area contributed by atoms with E-state index in [1.165, 1.54) is 23.0 Å². The van der Waals surface area contributed by atoms with Gasteiger partial charge in [-0.05, 0) is 85.7 Å². The Morgan fingerprint density at radius 1 is 1.08 bits per heavy atom. The monoisotopic (exact) mass is 692 g/mol. The first kappa shape index (κ1) is 32.7. The van der Waals surface area contributed by atoms with E-state index in [2.05, 4.69) is 19.7 Å². The Labute approximate surface area is 283 Å². The molecule has 1 saturated carbocycles. The molecule has 3 unspecified atom stereocenters. The molecule has 2 aromatic heterocycles. The number of anilines is 2. The number of hydrogen-bond donors (Lipinski definition) is 3. The second kappa shape index (κ2) is 13.2. The van der Waals surface area contributed by atoms with Gasteiger partial charge in [0.15, 0.2) is 11.6 Å². The number of carbonyl (C=O) groups is 1. The van der Waals surface area contributed by atoms with Crippen LogP contribution in [0.15, 0.2) is 66.9 Å². The topological polar surface area (TPSA) is 127 Å². The van der Waals surface area contributed by atoms with Crippen LogP contribution in [0, 0.1) is 24.6 Å². The molecule has 4 N–H and O–H groups in total. The van der Waals surface area contributed by atoms with Crippen molar-refractivity contribution in [2.45, 2.75) is 32.2 Å². The number of nitrogens with two attached hydrogens (primary N) is 1. The van der Waals surface area contributed by atoms with E-state index >= 15 is 0 Å². The van der Waals surface area contributed by atoms with E-state index in [0.29, 0.717) is 58.7 Å². The fourth-order valence-electron chi connectivity index (χ4n) is 7.07. The van der Waals surface area contributed by atoms with Crippen molar-refractivity contribution >= 4 is 39.2 Å². The van der Waals surface area contributed by atoms with Crippen molar-refractivity contribution in [3.8, 4) is 22.9 Å². The van der Waals surface area contributed by atoms with Gasteiger partial charge in [-0.1, -0.05) is 12.1 Å². The van der Waals surface area contributed by atoms with Crippen LogP contribution in [-0.2, 0) is 11.0 Å². The maximum Gasteiger partial charge on any atom is 0.272 e. The molecule has 256 valence electrons. The van der Waals surface area contributed by atoms with E-state index in [9.17, 15) is 22.2 Å². The van der Waals surface area contributed by atoms with Gasteiger partial charge in [0.2, 0.25) is 5.78 Å². The molecule has 10 nitrogen and oxygen atoms in total. The van der Waals surface area contributed by atoms with E-state index < -0.39 is 35.6 Å². The van der Waals surface area contributed by atoms with Gasteiger partial charge in [-0.3, -0.25) is 4.79 Å². The van der Waals surface area contributed by atoms with E-state index in [0.717, 1.165) is 18.4 Å². The number of nitrogen functional groups attached to an aromatic ring is 1. The lowest BCUT2D eigenvalue weighted by Crippen LogP contribution is -2.31. The molecule has 0 spiro atoms. The van der Waals surface area contributed by atoms with Crippen LogP contribution < -0.4 is 24.8 Å². The number of nitrogens with one attached hydrogen (secondary N) is 2. The Bertz CT molecular complexity index is 2050. The zero-order valence-electron chi connectivity index (χ0n) is 26.8. The van der Waals surface area contributed by atoms with Crippen molar-refractivity contribution in [3.63, 3.8) is 0 Å². The van der Waals surface area contributed by atoms with Crippen molar-refractivity contribution in [2.75, 3.05) is 36.6 Å². The molecular weight excluding hydrogens is 657 g/mol. The number of para-hydroxylation sites is 1. The van der Waals surface area contributed by atoms with Crippen LogP contribution in [0.4, 0.5) is 24.7 Å². The number of halogens is 3. The molecule has 7 rings (SSSR count). The number of aryl methyl sites for hydroxylation is 1. The summed E-state index contributed by atoms with van der Waals surface area (Å²) in [7, 11) is -1.08. The molecule has 1 saturated heterocycles. The highest BCUT2D eigenvalue weighted by Crippen LogP contribution is 2.44. The third kappa shape index (κ3) is 6.62. The van der Waals surface area contributed by atoms with Crippen LogP contribution in [0.2, 0.25) is 0 Å². The van der Waals surface area contributed by atoms with Crippen LogP contribution in [0.3, 0.4) is 0 Å². The molecule has 5 aromatic rings. The highest BCUT2D eigenvalue weighted by Gasteiger charge is 2.42. The second-order valence-corrected chi connectivity index (χ2v) is 13.8. The highest BCUT2D eigenvalue weighted by molar-refractivity contribution is 7.82. The van der Waals surface area contributed by atoms with E-state index in [1.807, 2.05) is 13.0 Å². The zero-order valence-corrected chi connectivity index (χ0v) is 27.6. The Hall–Kier alpha value is -4.82. The quantitative estimate of drug-likeness (QED) is 0.142. The van der Waals surface area contributed by atoms with Gasteiger partial charge in [0.05, 0.1) is 39.8 Å². The molecule has 3 atom stereocenters. The fourth-order valence-corrected chi connectivity index (χ4v) is 7.73. The van der Waals surface area contributed by atoms with Crippen molar-refractivity contribution in [1.29, 1.82) is 0 Å². The lowest BCUT2D eigenvalue weighted by atomic mass is 10.0. The summed E-state index contributed by atoms with van der Waals surface area (Å²) in [5, 5.41) is 5.01. The number of nitrogens with zero attached hydrogens (tertiary/aromatic N) is 3. The van der Waals surface area contributed by atoms with Gasteiger partial charge in [-0.25, -0.2) is 26.8 Å². The van der Waals surface area contributed by atoms with Crippen molar-refractivity contribution in [2.24, 2.45) is 11.8 Å². The predicted octanol–water partition coefficient (Wildman–Crippen LogP) is 6.15. The minimum Gasteiger partial charge on any atom is -0.485 e. The Kier molecular flexibility index (Phi) is 8.84. The summed E-state index contributed by atoms with van der Waals surface area (Å²) in [4.78, 5) is 19.1. The summed E-state index contributed by atoms with van der Waals surface area (Å²) in [6.45, 7) is 2.50. The summed E-state index contributed by atoms with van der Waals surface area (Å²) >= 11 is 0. The number of H-pyrrole nitrogens is 1. The number of hydrogen-bond acceptors (Lipinski definition) is 7. The van der Waals surface area contributed by atoms with E-state index in [-0.39, 0.29) is 28.9 Å². The summed E-state index contributed by atoms with van der Waals surface area (Å²) < 4.78 is 68.1. The highest BCUT2D eigenvalue weighted by atomic mass is 32.2. The number of alkyl halides is 2. The van der Waals surface area contributed by atoms with Crippen LogP contribution in [0.1, 0.15) is 34.5 Å². The predicted molar refractivity (Wildman–Crippen MR) is 182 cm³/mol. The summed E-state index contributed by atoms with van der Waals surface area (Å²) in [5.41, 5.74) is 9.56. The molecular formula is C35H35F3N6O4S. The fraction of sp³-hybridized carbons (Fsp3) is 0.314. The minimum absolute atomic E-state index is 0.0973. The number of aromatic nitrogens is 3. The second-order valence-electron chi connectivity index (χ2n) is 12.6. The molecule has 3 aromatic carbocycles. The smallest absolute Gasteiger partial charge is 0.272 e. The number of rotatable bonds is 11. The standard InChI is InChI=1S/C35H35F3N6O4S/c1-19-9-24(48-31-6-4-3-5-26(31)36)7-8-29(19)44-35(39)25(15-40-44)34(45)28-12-20-13-32(47-18-33(37)38)30(14-27(20)41-28)43-16-21-10-23(42-49(2)46)11-22(21)17-43/h3-9,12-15,21-23,33,41-42H,10-11,16-18,39H2,1-2H3. The third-order valence-electron chi connectivity index (χ3n) is 9.25. The van der Waals surface area contributed by atoms with Gasteiger partial charge in [0.1, 0.15) is 23.9 Å². The Morgan fingerprint density at radius 3 is 2.53 bits per heavy atom. The molecule has 0 radical (unpaired) electrons. The van der Waals surface area contributed by atoms with Gasteiger partial charge in [-0.15, -0.1) is 0 Å². The number of ether oxygens (including phenoxy) is 2.